The van der Waals surface area contributed by atoms with Gasteiger partial charge in [-0.15, -0.1) is 0 Å². The van der Waals surface area contributed by atoms with Crippen LogP contribution in [-0.4, -0.2) is 27.4 Å². The molecule has 0 saturated heterocycles. The van der Waals surface area contributed by atoms with Gasteiger partial charge in [-0.05, 0) is 0 Å². The third-order valence-electron chi connectivity index (χ3n) is 0. The van der Waals surface area contributed by atoms with Gasteiger partial charge in [0.2, 0.25) is 0 Å². The van der Waals surface area contributed by atoms with E-state index in [2.05, 4.69) is 0 Å². The molecule has 0 fully saturated rings. The maximum atomic E-state index is 0. The SMILES string of the molecule is O.O.O.O.O. The van der Waals surface area contributed by atoms with Crippen molar-refractivity contribution in [2.45, 2.75) is 0 Å². The molecule has 0 unspecified atom stereocenters. The predicted octanol–water partition coefficient (Wildman–Crippen LogP) is -4.12. The minimum Gasteiger partial charge on any atom is -0.412 e. The first-order valence-electron chi connectivity index (χ1n) is 0. The summed E-state index contributed by atoms with van der Waals surface area (Å²) in [5.41, 5.74) is 0. The van der Waals surface area contributed by atoms with Gasteiger partial charge in [-0.1, -0.05) is 0 Å². The van der Waals surface area contributed by atoms with E-state index in [1.807, 2.05) is 0 Å². The lowest BCUT2D eigenvalue weighted by atomic mass is 16.0. The molecule has 40 valence electrons. The summed E-state index contributed by atoms with van der Waals surface area (Å²) in [5.74, 6) is 0. The normalized spacial score (nSPS) is 0. The molecular formula is H10O5. The molecule has 10 N–H and O–H groups in total. The van der Waals surface area contributed by atoms with Crippen LogP contribution in [-0.2, 0) is 0 Å². The first kappa shape index (κ1) is 1730. The van der Waals surface area contributed by atoms with E-state index in [0.717, 1.165) is 0 Å². The Labute approximate surface area is 28.8 Å². The van der Waals surface area contributed by atoms with Gasteiger partial charge in [0.15, 0.2) is 0 Å². The Morgan fingerprint density at radius 2 is 0.200 bits per heavy atom. The Balaban J connectivity index is 0. The van der Waals surface area contributed by atoms with Gasteiger partial charge >= 0.3 is 0 Å². The highest BCUT2D eigenvalue weighted by Crippen LogP contribution is -0.285. The maximum Gasteiger partial charge on any atom is -0.412 e. The average Bonchev–Trinajstić information content (AvgIpc) is 0. The van der Waals surface area contributed by atoms with E-state index in [-0.39, 0.29) is 27.4 Å². The summed E-state index contributed by atoms with van der Waals surface area (Å²) in [4.78, 5) is 0. The molecule has 0 atom stereocenters. The summed E-state index contributed by atoms with van der Waals surface area (Å²) in [6, 6.07) is 0. The lowest BCUT2D eigenvalue weighted by Gasteiger charge is -0.413. The molecule has 0 bridgehead atoms. The van der Waals surface area contributed by atoms with Crippen LogP contribution in [0.3, 0.4) is 0 Å². The summed E-state index contributed by atoms with van der Waals surface area (Å²) in [7, 11) is 0. The lowest BCUT2D eigenvalue weighted by Crippen LogP contribution is -0.290. The minimum absolute atomic E-state index is 0. The molecule has 5 nitrogen and oxygen atoms in total. The molecule has 0 heterocycles. The van der Waals surface area contributed by atoms with E-state index in [1.54, 1.807) is 0 Å². The van der Waals surface area contributed by atoms with Gasteiger partial charge in [0.25, 0.3) is 0 Å². The highest BCUT2D eigenvalue weighted by atomic mass is 16.0. The molecule has 0 aliphatic rings. The van der Waals surface area contributed by atoms with E-state index in [0.29, 0.717) is 0 Å². The molecule has 0 amide bonds. The van der Waals surface area contributed by atoms with Crippen molar-refractivity contribution < 1.29 is 27.4 Å². The topological polar surface area (TPSA) is 158 Å². The van der Waals surface area contributed by atoms with Crippen LogP contribution in [0.1, 0.15) is 0 Å². The Morgan fingerprint density at radius 3 is 0.200 bits per heavy atom. The van der Waals surface area contributed by atoms with Crippen LogP contribution in [0.4, 0.5) is 0 Å². The number of rotatable bonds is 0. The van der Waals surface area contributed by atoms with Gasteiger partial charge < -0.3 is 27.4 Å². The Morgan fingerprint density at radius 1 is 0.200 bits per heavy atom. The van der Waals surface area contributed by atoms with Crippen molar-refractivity contribution in [1.29, 1.82) is 0 Å². The summed E-state index contributed by atoms with van der Waals surface area (Å²) >= 11 is 0. The molecule has 0 aromatic rings. The Hall–Kier alpha value is -0.200. The van der Waals surface area contributed by atoms with Crippen molar-refractivity contribution in [3.05, 3.63) is 0 Å². The summed E-state index contributed by atoms with van der Waals surface area (Å²) < 4.78 is 0. The van der Waals surface area contributed by atoms with Gasteiger partial charge in [0, 0.05) is 0 Å². The van der Waals surface area contributed by atoms with E-state index in [1.165, 1.54) is 0 Å². The summed E-state index contributed by atoms with van der Waals surface area (Å²) in [6.45, 7) is 0. The molecule has 0 radical (unpaired) electrons. The van der Waals surface area contributed by atoms with Gasteiger partial charge in [0.05, 0.1) is 0 Å². The first-order chi connectivity index (χ1) is 0. The van der Waals surface area contributed by atoms with Crippen LogP contribution in [0.5, 0.6) is 0 Å². The molecule has 0 spiro atoms. The third-order valence-corrected chi connectivity index (χ3v) is 0. The first-order valence-corrected chi connectivity index (χ1v) is 0. The molecule has 0 aliphatic carbocycles. The molecule has 0 rings (SSSR count). The van der Waals surface area contributed by atoms with Gasteiger partial charge in [-0.2, -0.15) is 0 Å². The van der Waals surface area contributed by atoms with Crippen LogP contribution in [0, 0.1) is 0 Å². The van der Waals surface area contributed by atoms with Crippen LogP contribution < -0.4 is 0 Å². The van der Waals surface area contributed by atoms with Crippen molar-refractivity contribution in [3.63, 3.8) is 0 Å². The van der Waals surface area contributed by atoms with Gasteiger partial charge in [-0.3, -0.25) is 0 Å². The van der Waals surface area contributed by atoms with Crippen molar-refractivity contribution >= 4 is 0 Å². The van der Waals surface area contributed by atoms with E-state index in [9.17, 15) is 0 Å². The van der Waals surface area contributed by atoms with E-state index < -0.39 is 0 Å². The van der Waals surface area contributed by atoms with E-state index in [4.69, 9.17) is 0 Å². The molecular weight excluding hydrogens is 80.0 g/mol. The standard InChI is InChI=1S/5H2O/h5*1H2. The molecule has 0 aromatic heterocycles. The van der Waals surface area contributed by atoms with Crippen molar-refractivity contribution in [1.82, 2.24) is 0 Å². The highest BCUT2D eigenvalue weighted by molar-refractivity contribution is 0.828. The van der Waals surface area contributed by atoms with Gasteiger partial charge in [0.1, 0.15) is 0 Å². The smallest absolute Gasteiger partial charge is 0.412 e. The second-order valence-corrected chi connectivity index (χ2v) is 0. The quantitative estimate of drug-likeness (QED) is 0.283. The van der Waals surface area contributed by atoms with Crippen molar-refractivity contribution in [2.75, 3.05) is 0 Å². The van der Waals surface area contributed by atoms with Crippen LogP contribution in [0.2, 0.25) is 0 Å². The largest absolute Gasteiger partial charge is 0.412 e. The molecule has 5 heteroatoms. The molecule has 0 aliphatic heterocycles. The Kier molecular flexibility index (Phi) is 258000. The fourth-order valence-electron chi connectivity index (χ4n) is 0. The Bertz CT molecular complexity index is 0. The fourth-order valence-corrected chi connectivity index (χ4v) is 0. The highest BCUT2D eigenvalue weighted by Gasteiger charge is -0.408. The minimum atomic E-state index is 0. The van der Waals surface area contributed by atoms with Crippen LogP contribution in [0.25, 0.3) is 0 Å². The average molecular weight is 90.1 g/mol. The molecule has 0 aromatic carbocycles. The molecule has 0 saturated carbocycles. The van der Waals surface area contributed by atoms with Crippen LogP contribution in [0.15, 0.2) is 0 Å². The lowest BCUT2D eigenvalue weighted by molar-refractivity contribution is 0.823. The zero-order valence-corrected chi connectivity index (χ0v) is 2.50. The van der Waals surface area contributed by atoms with Gasteiger partial charge in [-0.25, -0.2) is 0 Å². The summed E-state index contributed by atoms with van der Waals surface area (Å²) in [6.07, 6.45) is 0. The fraction of sp³-hybridized carbons (Fsp3) is 0. The predicted molar refractivity (Wildman–Crippen MR) is 18.1 cm³/mol. The maximum absolute atomic E-state index is 0. The number of hydrogen-bond acceptors (Lipinski definition) is 0. The third kappa shape index (κ3) is 308. The zero-order valence-electron chi connectivity index (χ0n) is 2.50. The monoisotopic (exact) mass is 90.1 g/mol. The summed E-state index contributed by atoms with van der Waals surface area (Å²) in [5, 5.41) is 0. The zero-order chi connectivity index (χ0) is 0. The van der Waals surface area contributed by atoms with Crippen molar-refractivity contribution in [3.8, 4) is 0 Å². The van der Waals surface area contributed by atoms with Crippen LogP contribution >= 0.6 is 0 Å². The molecule has 5 heavy (non-hydrogen) atoms. The van der Waals surface area contributed by atoms with E-state index >= 15 is 0 Å². The second kappa shape index (κ2) is 745. The number of hydrogen-bond donors (Lipinski definition) is 0. The second-order valence-electron chi connectivity index (χ2n) is 0. The van der Waals surface area contributed by atoms with Crippen molar-refractivity contribution in [2.24, 2.45) is 0 Å².